The SMILES string of the molecule is O=C(O)c1ccnc(NCc2ccccc2Br)n1. The van der Waals surface area contributed by atoms with Gasteiger partial charge in [-0.2, -0.15) is 0 Å². The van der Waals surface area contributed by atoms with Gasteiger partial charge in [0.2, 0.25) is 5.95 Å². The van der Waals surface area contributed by atoms with Crippen LogP contribution in [0, 0.1) is 0 Å². The van der Waals surface area contributed by atoms with Crippen LogP contribution in [-0.2, 0) is 6.54 Å². The van der Waals surface area contributed by atoms with Crippen molar-refractivity contribution in [3.05, 3.63) is 52.3 Å². The fraction of sp³-hybridized carbons (Fsp3) is 0.0833. The summed E-state index contributed by atoms with van der Waals surface area (Å²) >= 11 is 3.43. The maximum absolute atomic E-state index is 10.8. The van der Waals surface area contributed by atoms with Crippen molar-refractivity contribution in [1.82, 2.24) is 9.97 Å². The van der Waals surface area contributed by atoms with Gasteiger partial charge in [0.25, 0.3) is 0 Å². The van der Waals surface area contributed by atoms with Crippen molar-refractivity contribution in [2.24, 2.45) is 0 Å². The second-order valence-electron chi connectivity index (χ2n) is 3.52. The van der Waals surface area contributed by atoms with E-state index >= 15 is 0 Å². The maximum atomic E-state index is 10.8. The van der Waals surface area contributed by atoms with Gasteiger partial charge in [-0.3, -0.25) is 0 Å². The number of hydrogen-bond acceptors (Lipinski definition) is 4. The largest absolute Gasteiger partial charge is 0.477 e. The molecular weight excluding hydrogens is 298 g/mol. The summed E-state index contributed by atoms with van der Waals surface area (Å²) in [5.41, 5.74) is 1.02. The smallest absolute Gasteiger partial charge is 0.354 e. The zero-order valence-electron chi connectivity index (χ0n) is 9.30. The number of carbonyl (C=O) groups is 1. The summed E-state index contributed by atoms with van der Waals surface area (Å²) in [6.45, 7) is 0.518. The van der Waals surface area contributed by atoms with Gasteiger partial charge in [-0.25, -0.2) is 14.8 Å². The molecule has 1 aromatic carbocycles. The van der Waals surface area contributed by atoms with Crippen LogP contribution in [0.5, 0.6) is 0 Å². The van der Waals surface area contributed by atoms with Gasteiger partial charge in [-0.15, -0.1) is 0 Å². The van der Waals surface area contributed by atoms with Crippen LogP contribution in [-0.4, -0.2) is 21.0 Å². The molecule has 2 N–H and O–H groups in total. The Morgan fingerprint density at radius 3 is 2.83 bits per heavy atom. The Hall–Kier alpha value is -1.95. The minimum absolute atomic E-state index is 0.0281. The van der Waals surface area contributed by atoms with E-state index in [-0.39, 0.29) is 5.69 Å². The van der Waals surface area contributed by atoms with Crippen LogP contribution in [0.4, 0.5) is 5.95 Å². The molecule has 0 aliphatic heterocycles. The van der Waals surface area contributed by atoms with Crippen molar-refractivity contribution in [2.75, 3.05) is 5.32 Å². The van der Waals surface area contributed by atoms with Crippen molar-refractivity contribution < 1.29 is 9.90 Å². The highest BCUT2D eigenvalue weighted by Crippen LogP contribution is 2.16. The number of rotatable bonds is 4. The third-order valence-corrected chi connectivity index (χ3v) is 3.04. The summed E-state index contributed by atoms with van der Waals surface area (Å²) in [6, 6.07) is 9.10. The summed E-state index contributed by atoms with van der Waals surface area (Å²) in [7, 11) is 0. The van der Waals surface area contributed by atoms with Gasteiger partial charge < -0.3 is 10.4 Å². The van der Waals surface area contributed by atoms with Crippen molar-refractivity contribution in [3.63, 3.8) is 0 Å². The Morgan fingerprint density at radius 2 is 2.11 bits per heavy atom. The summed E-state index contributed by atoms with van der Waals surface area (Å²) in [5, 5.41) is 11.8. The van der Waals surface area contributed by atoms with Gasteiger partial charge in [-0.1, -0.05) is 34.1 Å². The number of hydrogen-bond donors (Lipinski definition) is 2. The van der Waals surface area contributed by atoms with Crippen LogP contribution < -0.4 is 5.32 Å². The molecule has 5 nitrogen and oxygen atoms in total. The molecule has 0 radical (unpaired) electrons. The second kappa shape index (κ2) is 5.59. The first-order valence-corrected chi connectivity index (χ1v) is 6.00. The van der Waals surface area contributed by atoms with Crippen molar-refractivity contribution in [1.29, 1.82) is 0 Å². The topological polar surface area (TPSA) is 75.1 Å². The number of anilines is 1. The quantitative estimate of drug-likeness (QED) is 0.908. The van der Waals surface area contributed by atoms with E-state index in [1.165, 1.54) is 12.3 Å². The molecule has 2 aromatic rings. The third-order valence-electron chi connectivity index (χ3n) is 2.27. The predicted molar refractivity (Wildman–Crippen MR) is 70.5 cm³/mol. The van der Waals surface area contributed by atoms with Crippen molar-refractivity contribution in [3.8, 4) is 0 Å². The van der Waals surface area contributed by atoms with E-state index in [0.717, 1.165) is 10.0 Å². The third kappa shape index (κ3) is 3.04. The minimum Gasteiger partial charge on any atom is -0.477 e. The molecule has 2 rings (SSSR count). The zero-order chi connectivity index (χ0) is 13.0. The lowest BCUT2D eigenvalue weighted by atomic mass is 10.2. The van der Waals surface area contributed by atoms with E-state index in [9.17, 15) is 4.79 Å². The van der Waals surface area contributed by atoms with Crippen LogP contribution in [0.15, 0.2) is 41.0 Å². The highest BCUT2D eigenvalue weighted by molar-refractivity contribution is 9.10. The lowest BCUT2D eigenvalue weighted by Gasteiger charge is -2.06. The standard InChI is InChI=1S/C12H10BrN3O2/c13-9-4-2-1-3-8(9)7-15-12-14-6-5-10(16-12)11(17)18/h1-6H,7H2,(H,17,18)(H,14,15,16). The molecule has 0 aliphatic rings. The molecule has 0 amide bonds. The molecule has 0 atom stereocenters. The number of halogens is 1. The summed E-state index contributed by atoms with van der Waals surface area (Å²) in [5.74, 6) is -0.771. The summed E-state index contributed by atoms with van der Waals surface area (Å²) < 4.78 is 0.979. The Balaban J connectivity index is 2.09. The first-order chi connectivity index (χ1) is 8.66. The first-order valence-electron chi connectivity index (χ1n) is 5.20. The number of nitrogens with one attached hydrogen (secondary N) is 1. The normalized spacial score (nSPS) is 10.1. The van der Waals surface area contributed by atoms with Crippen LogP contribution >= 0.6 is 15.9 Å². The number of aromatic carboxylic acids is 1. The van der Waals surface area contributed by atoms with Crippen LogP contribution in [0.1, 0.15) is 16.1 Å². The molecular formula is C12H10BrN3O2. The highest BCUT2D eigenvalue weighted by Gasteiger charge is 2.06. The van der Waals surface area contributed by atoms with Crippen molar-refractivity contribution in [2.45, 2.75) is 6.54 Å². The minimum atomic E-state index is -1.07. The molecule has 1 aromatic heterocycles. The second-order valence-corrected chi connectivity index (χ2v) is 4.37. The maximum Gasteiger partial charge on any atom is 0.354 e. The number of carboxylic acid groups (broad SMARTS) is 1. The number of benzene rings is 1. The summed E-state index contributed by atoms with van der Waals surface area (Å²) in [6.07, 6.45) is 1.42. The fourth-order valence-corrected chi connectivity index (χ4v) is 1.80. The Morgan fingerprint density at radius 1 is 1.33 bits per heavy atom. The molecule has 0 unspecified atom stereocenters. The lowest BCUT2D eigenvalue weighted by Crippen LogP contribution is -2.07. The Labute approximate surface area is 112 Å². The average molecular weight is 308 g/mol. The van der Waals surface area contributed by atoms with E-state index in [1.807, 2.05) is 24.3 Å². The molecule has 18 heavy (non-hydrogen) atoms. The molecule has 0 bridgehead atoms. The first kappa shape index (κ1) is 12.5. The molecule has 0 spiro atoms. The highest BCUT2D eigenvalue weighted by atomic mass is 79.9. The Kier molecular flexibility index (Phi) is 3.88. The Bertz CT molecular complexity index is 575. The monoisotopic (exact) mass is 307 g/mol. The van der Waals surface area contributed by atoms with Gasteiger partial charge in [0.05, 0.1) is 0 Å². The van der Waals surface area contributed by atoms with Crippen LogP contribution in [0.3, 0.4) is 0 Å². The lowest BCUT2D eigenvalue weighted by molar-refractivity contribution is 0.0690. The molecule has 0 fully saturated rings. The van der Waals surface area contributed by atoms with Crippen LogP contribution in [0.2, 0.25) is 0 Å². The van der Waals surface area contributed by atoms with E-state index in [0.29, 0.717) is 12.5 Å². The molecule has 6 heteroatoms. The van der Waals surface area contributed by atoms with Gasteiger partial charge in [-0.05, 0) is 17.7 Å². The van der Waals surface area contributed by atoms with Gasteiger partial charge in [0.15, 0.2) is 5.69 Å². The van der Waals surface area contributed by atoms with E-state index in [1.54, 1.807) is 0 Å². The molecule has 0 aliphatic carbocycles. The number of nitrogens with zero attached hydrogens (tertiary/aromatic N) is 2. The van der Waals surface area contributed by atoms with Crippen LogP contribution in [0.25, 0.3) is 0 Å². The van der Waals surface area contributed by atoms with Gasteiger partial charge >= 0.3 is 5.97 Å². The van der Waals surface area contributed by atoms with E-state index in [2.05, 4.69) is 31.2 Å². The zero-order valence-corrected chi connectivity index (χ0v) is 10.9. The number of aromatic nitrogens is 2. The number of carboxylic acids is 1. The van der Waals surface area contributed by atoms with E-state index in [4.69, 9.17) is 5.11 Å². The predicted octanol–water partition coefficient (Wildman–Crippen LogP) is 2.55. The van der Waals surface area contributed by atoms with E-state index < -0.39 is 5.97 Å². The molecule has 0 saturated heterocycles. The molecule has 92 valence electrons. The van der Waals surface area contributed by atoms with Gasteiger partial charge in [0.1, 0.15) is 0 Å². The van der Waals surface area contributed by atoms with Crippen molar-refractivity contribution >= 4 is 27.8 Å². The average Bonchev–Trinajstić information content (AvgIpc) is 2.38. The molecule has 1 heterocycles. The summed E-state index contributed by atoms with van der Waals surface area (Å²) in [4.78, 5) is 18.6. The molecule has 0 saturated carbocycles. The fourth-order valence-electron chi connectivity index (χ4n) is 1.38. The van der Waals surface area contributed by atoms with Gasteiger partial charge in [0, 0.05) is 17.2 Å².